The summed E-state index contributed by atoms with van der Waals surface area (Å²) in [6.07, 6.45) is 0.961. The van der Waals surface area contributed by atoms with Gasteiger partial charge in [-0.3, -0.25) is 4.79 Å². The molecule has 0 fully saturated rings. The van der Waals surface area contributed by atoms with Crippen LogP contribution in [0.15, 0.2) is 36.4 Å². The van der Waals surface area contributed by atoms with Crippen molar-refractivity contribution in [2.75, 3.05) is 5.73 Å². The van der Waals surface area contributed by atoms with E-state index in [4.69, 9.17) is 5.73 Å². The zero-order valence-corrected chi connectivity index (χ0v) is 12.0. The number of benzene rings is 1. The number of rotatable bonds is 4. The van der Waals surface area contributed by atoms with Crippen molar-refractivity contribution in [2.24, 2.45) is 0 Å². The van der Waals surface area contributed by atoms with E-state index in [-0.39, 0.29) is 11.9 Å². The summed E-state index contributed by atoms with van der Waals surface area (Å²) >= 11 is 1.54. The van der Waals surface area contributed by atoms with E-state index in [1.165, 1.54) is 4.88 Å². The fraction of sp³-hybridized carbons (Fsp3) is 0.267. The van der Waals surface area contributed by atoms with Crippen LogP contribution in [0.25, 0.3) is 0 Å². The Morgan fingerprint density at radius 2 is 2.16 bits per heavy atom. The number of hydrogen-bond acceptors (Lipinski definition) is 3. The van der Waals surface area contributed by atoms with E-state index in [0.717, 1.165) is 16.9 Å². The van der Waals surface area contributed by atoms with Gasteiger partial charge in [-0.15, -0.1) is 11.3 Å². The second-order valence-corrected chi connectivity index (χ2v) is 5.65. The van der Waals surface area contributed by atoms with Gasteiger partial charge >= 0.3 is 0 Å². The van der Waals surface area contributed by atoms with E-state index in [9.17, 15) is 4.79 Å². The highest BCUT2D eigenvalue weighted by atomic mass is 32.1. The lowest BCUT2D eigenvalue weighted by Crippen LogP contribution is -2.25. The lowest BCUT2D eigenvalue weighted by atomic mass is 10.1. The molecule has 1 unspecified atom stereocenters. The minimum absolute atomic E-state index is 0.0281. The monoisotopic (exact) mass is 274 g/mol. The highest BCUT2D eigenvalue weighted by molar-refractivity contribution is 7.14. The third kappa shape index (κ3) is 3.35. The van der Waals surface area contributed by atoms with Crippen molar-refractivity contribution in [3.63, 3.8) is 0 Å². The molecule has 1 aromatic heterocycles. The van der Waals surface area contributed by atoms with Crippen LogP contribution in [-0.2, 0) is 6.42 Å². The maximum atomic E-state index is 12.1. The molecule has 0 aliphatic rings. The van der Waals surface area contributed by atoms with Gasteiger partial charge in [0.25, 0.3) is 5.91 Å². The number of thiophene rings is 1. The average Bonchev–Trinajstić information content (AvgIpc) is 2.87. The molecule has 0 spiro atoms. The van der Waals surface area contributed by atoms with Gasteiger partial charge in [0.1, 0.15) is 0 Å². The zero-order valence-electron chi connectivity index (χ0n) is 11.1. The van der Waals surface area contributed by atoms with Crippen LogP contribution < -0.4 is 11.1 Å². The van der Waals surface area contributed by atoms with Crippen molar-refractivity contribution in [3.8, 4) is 0 Å². The molecular weight excluding hydrogens is 256 g/mol. The standard InChI is InChI=1S/C15H18N2OS/c1-3-13-7-8-14(19-13)15(18)17-10(2)11-5-4-6-12(16)9-11/h4-10H,3,16H2,1-2H3,(H,17,18). The molecule has 2 rings (SSSR count). The normalized spacial score (nSPS) is 12.1. The van der Waals surface area contributed by atoms with Gasteiger partial charge < -0.3 is 11.1 Å². The Balaban J connectivity index is 2.06. The molecule has 0 radical (unpaired) electrons. The predicted octanol–water partition coefficient (Wildman–Crippen LogP) is 3.38. The molecule has 0 bridgehead atoms. The molecule has 100 valence electrons. The van der Waals surface area contributed by atoms with Gasteiger partial charge in [0.2, 0.25) is 0 Å². The number of hydrogen-bond donors (Lipinski definition) is 2. The topological polar surface area (TPSA) is 55.1 Å². The van der Waals surface area contributed by atoms with Crippen molar-refractivity contribution < 1.29 is 4.79 Å². The Bertz CT molecular complexity index is 577. The molecule has 3 nitrogen and oxygen atoms in total. The third-order valence-electron chi connectivity index (χ3n) is 2.99. The fourth-order valence-corrected chi connectivity index (χ4v) is 2.72. The third-order valence-corrected chi connectivity index (χ3v) is 4.22. The molecule has 1 heterocycles. The first kappa shape index (κ1) is 13.6. The maximum Gasteiger partial charge on any atom is 0.261 e. The van der Waals surface area contributed by atoms with Gasteiger partial charge in [0, 0.05) is 10.6 Å². The molecule has 0 saturated carbocycles. The molecule has 1 atom stereocenters. The minimum atomic E-state index is -0.0526. The van der Waals surface area contributed by atoms with Crippen LogP contribution in [0.5, 0.6) is 0 Å². The van der Waals surface area contributed by atoms with Crippen LogP contribution in [0.3, 0.4) is 0 Å². The number of nitrogens with one attached hydrogen (secondary N) is 1. The maximum absolute atomic E-state index is 12.1. The highest BCUT2D eigenvalue weighted by Crippen LogP contribution is 2.19. The Morgan fingerprint density at radius 1 is 1.37 bits per heavy atom. The molecule has 2 aromatic rings. The van der Waals surface area contributed by atoms with Gasteiger partial charge in [-0.2, -0.15) is 0 Å². The lowest BCUT2D eigenvalue weighted by Gasteiger charge is -2.14. The number of nitrogen functional groups attached to an aromatic ring is 1. The highest BCUT2D eigenvalue weighted by Gasteiger charge is 2.13. The number of anilines is 1. The minimum Gasteiger partial charge on any atom is -0.399 e. The van der Waals surface area contributed by atoms with Crippen molar-refractivity contribution in [1.82, 2.24) is 5.32 Å². The van der Waals surface area contributed by atoms with E-state index < -0.39 is 0 Å². The van der Waals surface area contributed by atoms with Crippen molar-refractivity contribution in [2.45, 2.75) is 26.3 Å². The van der Waals surface area contributed by atoms with Gasteiger partial charge in [0.15, 0.2) is 0 Å². The summed E-state index contributed by atoms with van der Waals surface area (Å²) < 4.78 is 0. The van der Waals surface area contributed by atoms with Crippen LogP contribution in [-0.4, -0.2) is 5.91 Å². The number of amides is 1. The fourth-order valence-electron chi connectivity index (χ4n) is 1.87. The molecule has 4 heteroatoms. The SMILES string of the molecule is CCc1ccc(C(=O)NC(C)c2cccc(N)c2)s1. The van der Waals surface area contributed by atoms with Gasteiger partial charge in [0.05, 0.1) is 10.9 Å². The molecule has 0 aliphatic carbocycles. The van der Waals surface area contributed by atoms with Crippen LogP contribution in [0.1, 0.15) is 40.0 Å². The molecule has 1 aromatic carbocycles. The molecule has 3 N–H and O–H groups in total. The van der Waals surface area contributed by atoms with Crippen molar-refractivity contribution >= 4 is 22.9 Å². The van der Waals surface area contributed by atoms with Gasteiger partial charge in [-0.25, -0.2) is 0 Å². The Hall–Kier alpha value is -1.81. The first-order chi connectivity index (χ1) is 9.10. The number of aryl methyl sites for hydroxylation is 1. The second kappa shape index (κ2) is 5.89. The van der Waals surface area contributed by atoms with Gasteiger partial charge in [-0.1, -0.05) is 19.1 Å². The van der Waals surface area contributed by atoms with Crippen molar-refractivity contribution in [3.05, 3.63) is 51.7 Å². The molecule has 0 aliphatic heterocycles. The number of carbonyl (C=O) groups excluding carboxylic acids is 1. The van der Waals surface area contributed by atoms with E-state index in [2.05, 4.69) is 12.2 Å². The summed E-state index contributed by atoms with van der Waals surface area (Å²) in [6.45, 7) is 4.05. The predicted molar refractivity (Wildman–Crippen MR) is 80.4 cm³/mol. The summed E-state index contributed by atoms with van der Waals surface area (Å²) in [7, 11) is 0. The average molecular weight is 274 g/mol. The number of nitrogens with two attached hydrogens (primary N) is 1. The molecule has 1 amide bonds. The first-order valence-electron chi connectivity index (χ1n) is 6.35. The van der Waals surface area contributed by atoms with E-state index in [1.54, 1.807) is 11.3 Å². The Labute approximate surface area is 117 Å². The van der Waals surface area contributed by atoms with Gasteiger partial charge in [-0.05, 0) is 43.2 Å². The van der Waals surface area contributed by atoms with E-state index in [1.807, 2.05) is 43.3 Å². The summed E-state index contributed by atoms with van der Waals surface area (Å²) in [4.78, 5) is 14.1. The van der Waals surface area contributed by atoms with E-state index >= 15 is 0 Å². The Morgan fingerprint density at radius 3 is 2.79 bits per heavy atom. The largest absolute Gasteiger partial charge is 0.399 e. The van der Waals surface area contributed by atoms with E-state index in [0.29, 0.717) is 5.69 Å². The molecular formula is C15H18N2OS. The van der Waals surface area contributed by atoms with Crippen LogP contribution in [0, 0.1) is 0 Å². The zero-order chi connectivity index (χ0) is 13.8. The Kier molecular flexibility index (Phi) is 4.22. The smallest absolute Gasteiger partial charge is 0.261 e. The molecule has 0 saturated heterocycles. The quantitative estimate of drug-likeness (QED) is 0.840. The van der Waals surface area contributed by atoms with Crippen LogP contribution in [0.2, 0.25) is 0 Å². The second-order valence-electron chi connectivity index (χ2n) is 4.48. The summed E-state index contributed by atoms with van der Waals surface area (Å²) in [5.41, 5.74) is 7.47. The van der Waals surface area contributed by atoms with Crippen LogP contribution in [0.4, 0.5) is 5.69 Å². The molecule has 19 heavy (non-hydrogen) atoms. The first-order valence-corrected chi connectivity index (χ1v) is 7.16. The summed E-state index contributed by atoms with van der Waals surface area (Å²) in [5.74, 6) is -0.0281. The number of carbonyl (C=O) groups is 1. The van der Waals surface area contributed by atoms with Crippen molar-refractivity contribution in [1.29, 1.82) is 0 Å². The summed E-state index contributed by atoms with van der Waals surface area (Å²) in [5, 5.41) is 2.99. The lowest BCUT2D eigenvalue weighted by molar-refractivity contribution is 0.0944. The van der Waals surface area contributed by atoms with Crippen LogP contribution >= 0.6 is 11.3 Å². The summed E-state index contributed by atoms with van der Waals surface area (Å²) in [6, 6.07) is 11.4.